The fourth-order valence-corrected chi connectivity index (χ4v) is 3.11. The van der Waals surface area contributed by atoms with Crippen LogP contribution in [0.4, 0.5) is 0 Å². The Bertz CT molecular complexity index is 161. The zero-order valence-corrected chi connectivity index (χ0v) is 12.7. The SMILES string of the molecule is CCCCCCCCC[NH+]1CCCC1CC.[Cl-]. The highest BCUT2D eigenvalue weighted by molar-refractivity contribution is 4.60. The summed E-state index contributed by atoms with van der Waals surface area (Å²) in [6.07, 6.45) is 14.5. The third-order valence-corrected chi connectivity index (χ3v) is 4.22. The van der Waals surface area contributed by atoms with Crippen molar-refractivity contribution in [1.29, 1.82) is 0 Å². The van der Waals surface area contributed by atoms with Crippen LogP contribution >= 0.6 is 0 Å². The molecule has 17 heavy (non-hydrogen) atoms. The zero-order valence-electron chi connectivity index (χ0n) is 11.9. The predicted molar refractivity (Wildman–Crippen MR) is 72.0 cm³/mol. The maximum atomic E-state index is 2.36. The lowest BCUT2D eigenvalue weighted by atomic mass is 10.1. The summed E-state index contributed by atoms with van der Waals surface area (Å²) in [7, 11) is 0. The minimum Gasteiger partial charge on any atom is -1.00 e. The van der Waals surface area contributed by atoms with Gasteiger partial charge >= 0.3 is 0 Å². The smallest absolute Gasteiger partial charge is 0.0874 e. The van der Waals surface area contributed by atoms with Crippen LogP contribution < -0.4 is 17.3 Å². The monoisotopic (exact) mass is 261 g/mol. The van der Waals surface area contributed by atoms with Crippen LogP contribution in [-0.2, 0) is 0 Å². The molecule has 0 aromatic carbocycles. The van der Waals surface area contributed by atoms with Crippen LogP contribution in [0.5, 0.6) is 0 Å². The molecule has 1 saturated heterocycles. The van der Waals surface area contributed by atoms with E-state index in [0.717, 1.165) is 6.04 Å². The van der Waals surface area contributed by atoms with Gasteiger partial charge in [-0.3, -0.25) is 0 Å². The standard InChI is InChI=1S/C15H31N.ClH/c1-3-5-6-7-8-9-10-13-16-14-11-12-15(16)4-2;/h15H,3-14H2,1-2H3;1H. The number of likely N-dealkylation sites (tertiary alicyclic amines) is 1. The zero-order chi connectivity index (χ0) is 11.6. The summed E-state index contributed by atoms with van der Waals surface area (Å²) >= 11 is 0. The van der Waals surface area contributed by atoms with E-state index in [-0.39, 0.29) is 12.4 Å². The van der Waals surface area contributed by atoms with Crippen molar-refractivity contribution in [3.63, 3.8) is 0 Å². The van der Waals surface area contributed by atoms with Crippen LogP contribution in [0.1, 0.15) is 78.1 Å². The van der Waals surface area contributed by atoms with Crippen LogP contribution in [-0.4, -0.2) is 19.1 Å². The van der Waals surface area contributed by atoms with Crippen LogP contribution in [0.3, 0.4) is 0 Å². The van der Waals surface area contributed by atoms with Gasteiger partial charge in [0.2, 0.25) is 0 Å². The molecule has 0 aromatic heterocycles. The van der Waals surface area contributed by atoms with Crippen LogP contribution in [0.25, 0.3) is 0 Å². The molecule has 0 aromatic rings. The third-order valence-electron chi connectivity index (χ3n) is 4.22. The first kappa shape index (κ1) is 17.2. The molecule has 0 bridgehead atoms. The number of quaternary nitrogens is 1. The van der Waals surface area contributed by atoms with Gasteiger partial charge in [0, 0.05) is 12.8 Å². The van der Waals surface area contributed by atoms with Crippen molar-refractivity contribution >= 4 is 0 Å². The molecule has 1 rings (SSSR count). The molecule has 0 aliphatic carbocycles. The first-order chi connectivity index (χ1) is 7.88. The highest BCUT2D eigenvalue weighted by atomic mass is 35.5. The lowest BCUT2D eigenvalue weighted by Gasteiger charge is -2.20. The quantitative estimate of drug-likeness (QED) is 0.566. The van der Waals surface area contributed by atoms with Crippen molar-refractivity contribution in [2.75, 3.05) is 13.1 Å². The van der Waals surface area contributed by atoms with Crippen molar-refractivity contribution in [2.24, 2.45) is 0 Å². The summed E-state index contributed by atoms with van der Waals surface area (Å²) in [5.74, 6) is 0. The second kappa shape index (κ2) is 11.3. The normalized spacial score (nSPS) is 23.6. The van der Waals surface area contributed by atoms with Crippen LogP contribution in [0, 0.1) is 0 Å². The van der Waals surface area contributed by atoms with Gasteiger partial charge in [-0.15, -0.1) is 0 Å². The first-order valence-corrected chi connectivity index (χ1v) is 7.73. The number of nitrogens with one attached hydrogen (secondary N) is 1. The minimum atomic E-state index is 0. The number of hydrogen-bond donors (Lipinski definition) is 1. The second-order valence-electron chi connectivity index (χ2n) is 5.53. The third kappa shape index (κ3) is 7.31. The van der Waals surface area contributed by atoms with Gasteiger partial charge in [-0.25, -0.2) is 0 Å². The Balaban J connectivity index is 0.00000256. The van der Waals surface area contributed by atoms with Crippen LogP contribution in [0.15, 0.2) is 0 Å². The largest absolute Gasteiger partial charge is 1.00 e. The number of unbranched alkanes of at least 4 members (excludes halogenated alkanes) is 6. The van der Waals surface area contributed by atoms with E-state index in [9.17, 15) is 0 Å². The lowest BCUT2D eigenvalue weighted by Crippen LogP contribution is -3.13. The van der Waals surface area contributed by atoms with Crippen molar-refractivity contribution in [3.05, 3.63) is 0 Å². The molecule has 1 N–H and O–H groups in total. The molecule has 2 unspecified atom stereocenters. The van der Waals surface area contributed by atoms with Gasteiger partial charge in [0.05, 0.1) is 19.1 Å². The predicted octanol–water partition coefficient (Wildman–Crippen LogP) is 0.198. The molecule has 0 radical (unpaired) electrons. The topological polar surface area (TPSA) is 4.44 Å². The van der Waals surface area contributed by atoms with E-state index in [2.05, 4.69) is 13.8 Å². The molecule has 104 valence electrons. The number of halogens is 1. The summed E-state index contributed by atoms with van der Waals surface area (Å²) in [6, 6.07) is 1.00. The van der Waals surface area contributed by atoms with Gasteiger partial charge in [0.25, 0.3) is 0 Å². The van der Waals surface area contributed by atoms with Gasteiger partial charge in [-0.05, 0) is 19.3 Å². The first-order valence-electron chi connectivity index (χ1n) is 7.73. The van der Waals surface area contributed by atoms with Gasteiger partial charge < -0.3 is 17.3 Å². The highest BCUT2D eigenvalue weighted by Gasteiger charge is 2.25. The molecule has 1 aliphatic rings. The molecule has 1 nitrogen and oxygen atoms in total. The van der Waals surface area contributed by atoms with Crippen molar-refractivity contribution in [2.45, 2.75) is 84.1 Å². The van der Waals surface area contributed by atoms with Crippen molar-refractivity contribution in [1.82, 2.24) is 0 Å². The van der Waals surface area contributed by atoms with Crippen LogP contribution in [0.2, 0.25) is 0 Å². The summed E-state index contributed by atoms with van der Waals surface area (Å²) < 4.78 is 0. The summed E-state index contributed by atoms with van der Waals surface area (Å²) in [6.45, 7) is 7.56. The highest BCUT2D eigenvalue weighted by Crippen LogP contribution is 2.07. The Kier molecular flexibility index (Phi) is 11.5. The Hall–Kier alpha value is 0.250. The summed E-state index contributed by atoms with van der Waals surface area (Å²) in [5.41, 5.74) is 0. The van der Waals surface area contributed by atoms with Crippen molar-refractivity contribution < 1.29 is 17.3 Å². The van der Waals surface area contributed by atoms with E-state index in [4.69, 9.17) is 0 Å². The average molecular weight is 262 g/mol. The molecule has 0 saturated carbocycles. The van der Waals surface area contributed by atoms with E-state index >= 15 is 0 Å². The Morgan fingerprint density at radius 2 is 1.59 bits per heavy atom. The molecular formula is C15H32ClN. The molecule has 1 aliphatic heterocycles. The fourth-order valence-electron chi connectivity index (χ4n) is 3.11. The molecule has 1 heterocycles. The number of rotatable bonds is 9. The molecule has 2 atom stereocenters. The average Bonchev–Trinajstić information content (AvgIpc) is 2.75. The molecular weight excluding hydrogens is 230 g/mol. The van der Waals surface area contributed by atoms with E-state index in [1.54, 1.807) is 0 Å². The van der Waals surface area contributed by atoms with E-state index in [0.29, 0.717) is 0 Å². The van der Waals surface area contributed by atoms with E-state index < -0.39 is 0 Å². The maximum absolute atomic E-state index is 2.36. The van der Waals surface area contributed by atoms with Crippen molar-refractivity contribution in [3.8, 4) is 0 Å². The Labute approximate surface area is 115 Å². The molecule has 0 spiro atoms. The van der Waals surface area contributed by atoms with E-state index in [1.807, 2.05) is 4.90 Å². The van der Waals surface area contributed by atoms with Gasteiger partial charge in [-0.2, -0.15) is 0 Å². The minimum absolute atomic E-state index is 0. The van der Waals surface area contributed by atoms with Gasteiger partial charge in [-0.1, -0.05) is 46.0 Å². The maximum Gasteiger partial charge on any atom is 0.0874 e. The fraction of sp³-hybridized carbons (Fsp3) is 1.00. The Morgan fingerprint density at radius 3 is 2.24 bits per heavy atom. The summed E-state index contributed by atoms with van der Waals surface area (Å²) in [5, 5.41) is 0. The molecule has 0 amide bonds. The van der Waals surface area contributed by atoms with Gasteiger partial charge in [0.15, 0.2) is 0 Å². The second-order valence-corrected chi connectivity index (χ2v) is 5.53. The lowest BCUT2D eigenvalue weighted by molar-refractivity contribution is -0.912. The summed E-state index contributed by atoms with van der Waals surface area (Å²) in [4.78, 5) is 1.91. The molecule has 2 heteroatoms. The number of hydrogen-bond acceptors (Lipinski definition) is 0. The van der Waals surface area contributed by atoms with Gasteiger partial charge in [0.1, 0.15) is 0 Å². The Morgan fingerprint density at radius 1 is 0.941 bits per heavy atom. The van der Waals surface area contributed by atoms with E-state index in [1.165, 1.54) is 77.3 Å². The molecule has 1 fully saturated rings.